The first-order valence-electron chi connectivity index (χ1n) is 7.35. The lowest BCUT2D eigenvalue weighted by atomic mass is 9.96. The lowest BCUT2D eigenvalue weighted by Crippen LogP contribution is -2.15. The minimum absolute atomic E-state index is 0.213. The Kier molecular flexibility index (Phi) is 4.77. The molecule has 2 aromatic rings. The van der Waals surface area contributed by atoms with E-state index in [9.17, 15) is 4.79 Å². The average molecular weight is 322 g/mol. The number of carbonyl (C=O) groups excluding carboxylic acids is 1. The van der Waals surface area contributed by atoms with E-state index in [0.717, 1.165) is 18.0 Å². The van der Waals surface area contributed by atoms with Gasteiger partial charge < -0.3 is 9.15 Å². The third-order valence-corrected chi connectivity index (χ3v) is 4.73. The molecule has 0 unspecified atom stereocenters. The zero-order valence-electron chi connectivity index (χ0n) is 12.4. The number of esters is 1. The summed E-state index contributed by atoms with van der Waals surface area (Å²) in [4.78, 5) is 11.4. The number of furan rings is 1. The van der Waals surface area contributed by atoms with E-state index in [4.69, 9.17) is 4.42 Å². The summed E-state index contributed by atoms with van der Waals surface area (Å²) in [6.07, 6.45) is 6.02. The second-order valence-corrected chi connectivity index (χ2v) is 6.19. The van der Waals surface area contributed by atoms with E-state index in [-0.39, 0.29) is 5.76 Å². The summed E-state index contributed by atoms with van der Waals surface area (Å²) in [6.45, 7) is 0. The Bertz CT molecular complexity index is 634. The molecule has 0 saturated heterocycles. The van der Waals surface area contributed by atoms with E-state index in [0.29, 0.717) is 17.6 Å². The van der Waals surface area contributed by atoms with Crippen molar-refractivity contribution >= 4 is 17.7 Å². The molecule has 3 rings (SSSR count). The molecule has 0 amide bonds. The molecule has 0 bridgehead atoms. The van der Waals surface area contributed by atoms with Crippen LogP contribution in [0, 0.1) is 0 Å². The maximum absolute atomic E-state index is 11.4. The highest BCUT2D eigenvalue weighted by Crippen LogP contribution is 2.31. The van der Waals surface area contributed by atoms with E-state index in [2.05, 4.69) is 20.3 Å². The van der Waals surface area contributed by atoms with Crippen molar-refractivity contribution in [3.8, 4) is 0 Å². The van der Waals surface area contributed by atoms with E-state index in [1.807, 2.05) is 4.68 Å². The third-order valence-electron chi connectivity index (χ3n) is 3.77. The van der Waals surface area contributed by atoms with Crippen molar-refractivity contribution < 1.29 is 13.9 Å². The highest BCUT2D eigenvalue weighted by molar-refractivity contribution is 7.98. The van der Waals surface area contributed by atoms with Crippen molar-refractivity contribution in [2.24, 2.45) is 0 Å². The number of nitrogens with zero attached hydrogens (tertiary/aromatic N) is 4. The van der Waals surface area contributed by atoms with Gasteiger partial charge in [0.15, 0.2) is 0 Å². The van der Waals surface area contributed by atoms with Gasteiger partial charge >= 0.3 is 5.97 Å². The molecule has 8 heteroatoms. The van der Waals surface area contributed by atoms with Crippen LogP contribution >= 0.6 is 11.8 Å². The Hall–Kier alpha value is -1.83. The van der Waals surface area contributed by atoms with Crippen LogP contribution in [-0.2, 0) is 10.5 Å². The summed E-state index contributed by atoms with van der Waals surface area (Å²) in [5.41, 5.74) is 0. The van der Waals surface area contributed by atoms with E-state index in [1.165, 1.54) is 38.1 Å². The van der Waals surface area contributed by atoms with Crippen LogP contribution in [0.15, 0.2) is 21.7 Å². The van der Waals surface area contributed by atoms with Crippen LogP contribution < -0.4 is 0 Å². The fourth-order valence-corrected chi connectivity index (χ4v) is 3.48. The lowest BCUT2D eigenvalue weighted by molar-refractivity contribution is 0.0563. The molecule has 0 spiro atoms. The van der Waals surface area contributed by atoms with Gasteiger partial charge in [0.1, 0.15) is 5.76 Å². The van der Waals surface area contributed by atoms with Crippen LogP contribution in [0.5, 0.6) is 0 Å². The second-order valence-electron chi connectivity index (χ2n) is 5.24. The van der Waals surface area contributed by atoms with E-state index < -0.39 is 5.97 Å². The third kappa shape index (κ3) is 3.32. The fraction of sp³-hybridized carbons (Fsp3) is 0.571. The molecule has 0 radical (unpaired) electrons. The van der Waals surface area contributed by atoms with Crippen LogP contribution in [0.25, 0.3) is 0 Å². The van der Waals surface area contributed by atoms with Gasteiger partial charge in [0.05, 0.1) is 18.9 Å². The molecule has 1 saturated carbocycles. The predicted molar refractivity (Wildman–Crippen MR) is 79.5 cm³/mol. The molecule has 118 valence electrons. The number of methoxy groups -OCH3 is 1. The van der Waals surface area contributed by atoms with Crippen LogP contribution in [0.4, 0.5) is 0 Å². The Morgan fingerprint density at radius 2 is 2.23 bits per heavy atom. The molecule has 2 heterocycles. The molecule has 1 fully saturated rings. The smallest absolute Gasteiger partial charge is 0.373 e. The number of hydrogen-bond donors (Lipinski definition) is 0. The summed E-state index contributed by atoms with van der Waals surface area (Å²) in [7, 11) is 1.33. The quantitative estimate of drug-likeness (QED) is 0.618. The van der Waals surface area contributed by atoms with E-state index in [1.54, 1.807) is 12.1 Å². The number of aromatic nitrogens is 4. The Morgan fingerprint density at radius 1 is 1.41 bits per heavy atom. The zero-order chi connectivity index (χ0) is 15.4. The fourth-order valence-electron chi connectivity index (χ4n) is 2.64. The molecule has 1 aliphatic carbocycles. The van der Waals surface area contributed by atoms with Gasteiger partial charge in [-0.05, 0) is 35.4 Å². The number of tetrazole rings is 1. The normalized spacial score (nSPS) is 15.9. The molecule has 0 aliphatic heterocycles. The van der Waals surface area contributed by atoms with Crippen molar-refractivity contribution in [2.75, 3.05) is 7.11 Å². The van der Waals surface area contributed by atoms with Gasteiger partial charge in [-0.25, -0.2) is 9.48 Å². The van der Waals surface area contributed by atoms with Crippen LogP contribution in [-0.4, -0.2) is 33.3 Å². The van der Waals surface area contributed by atoms with Gasteiger partial charge in [-0.15, -0.1) is 5.10 Å². The predicted octanol–water partition coefficient (Wildman–Crippen LogP) is 2.85. The van der Waals surface area contributed by atoms with Crippen LogP contribution in [0.1, 0.15) is 54.5 Å². The van der Waals surface area contributed by atoms with Crippen molar-refractivity contribution in [1.29, 1.82) is 0 Å². The maximum Gasteiger partial charge on any atom is 0.373 e. The molecule has 0 aromatic carbocycles. The molecule has 7 nitrogen and oxygen atoms in total. The van der Waals surface area contributed by atoms with Gasteiger partial charge in [0, 0.05) is 0 Å². The van der Waals surface area contributed by atoms with Gasteiger partial charge in [0.2, 0.25) is 10.9 Å². The molecule has 0 N–H and O–H groups in total. The largest absolute Gasteiger partial charge is 0.463 e. The highest BCUT2D eigenvalue weighted by Gasteiger charge is 2.20. The first kappa shape index (κ1) is 15.1. The standard InChI is InChI=1S/C14H18N4O3S/c1-20-13(19)12-8-7-11(21-12)9-22-14-15-16-17-18(14)10-5-3-2-4-6-10/h7-8,10H,2-6,9H2,1H3. The molecular weight excluding hydrogens is 304 g/mol. The topological polar surface area (TPSA) is 83.0 Å². The van der Waals surface area contributed by atoms with Crippen LogP contribution in [0.3, 0.4) is 0 Å². The summed E-state index contributed by atoms with van der Waals surface area (Å²) in [6, 6.07) is 3.79. The van der Waals surface area contributed by atoms with Crippen LogP contribution in [0.2, 0.25) is 0 Å². The summed E-state index contributed by atoms with van der Waals surface area (Å²) < 4.78 is 12.0. The second kappa shape index (κ2) is 6.95. The van der Waals surface area contributed by atoms with Crippen molar-refractivity contribution in [2.45, 2.75) is 49.1 Å². The highest BCUT2D eigenvalue weighted by atomic mass is 32.2. The summed E-state index contributed by atoms with van der Waals surface area (Å²) in [5, 5.41) is 12.8. The van der Waals surface area contributed by atoms with Crippen molar-refractivity contribution in [3.63, 3.8) is 0 Å². The number of rotatable bonds is 5. The molecule has 1 aliphatic rings. The Balaban J connectivity index is 1.63. The van der Waals surface area contributed by atoms with Gasteiger partial charge in [0.25, 0.3) is 0 Å². The zero-order valence-corrected chi connectivity index (χ0v) is 13.2. The minimum atomic E-state index is -0.469. The van der Waals surface area contributed by atoms with Gasteiger partial charge in [-0.2, -0.15) is 0 Å². The first-order valence-corrected chi connectivity index (χ1v) is 8.34. The monoisotopic (exact) mass is 322 g/mol. The lowest BCUT2D eigenvalue weighted by Gasteiger charge is -2.21. The number of ether oxygens (including phenoxy) is 1. The first-order chi connectivity index (χ1) is 10.8. The Morgan fingerprint density at radius 3 is 3.00 bits per heavy atom. The Labute approximate surface area is 132 Å². The minimum Gasteiger partial charge on any atom is -0.463 e. The summed E-state index contributed by atoms with van der Waals surface area (Å²) in [5.74, 6) is 1.02. The average Bonchev–Trinajstić information content (AvgIpc) is 3.22. The van der Waals surface area contributed by atoms with Gasteiger partial charge in [-0.1, -0.05) is 31.0 Å². The molecule has 2 aromatic heterocycles. The summed E-state index contributed by atoms with van der Waals surface area (Å²) >= 11 is 1.51. The van der Waals surface area contributed by atoms with E-state index >= 15 is 0 Å². The number of carbonyl (C=O) groups is 1. The SMILES string of the molecule is COC(=O)c1ccc(CSc2nnnn2C2CCCCC2)o1. The van der Waals surface area contributed by atoms with Crippen molar-refractivity contribution in [1.82, 2.24) is 20.2 Å². The number of thioether (sulfide) groups is 1. The number of hydrogen-bond acceptors (Lipinski definition) is 7. The molecule has 22 heavy (non-hydrogen) atoms. The molecular formula is C14H18N4O3S. The van der Waals surface area contributed by atoms with Gasteiger partial charge in [-0.3, -0.25) is 0 Å². The molecule has 0 atom stereocenters. The maximum atomic E-state index is 11.4. The van der Waals surface area contributed by atoms with Crippen molar-refractivity contribution in [3.05, 3.63) is 23.7 Å².